The molecule has 22 heavy (non-hydrogen) atoms. The van der Waals surface area contributed by atoms with Gasteiger partial charge in [-0.2, -0.15) is 15.4 Å². The summed E-state index contributed by atoms with van der Waals surface area (Å²) in [6.07, 6.45) is 11.0. The van der Waals surface area contributed by atoms with Crippen LogP contribution in [0.1, 0.15) is 55.4 Å². The van der Waals surface area contributed by atoms with Gasteiger partial charge in [-0.15, -0.1) is 0 Å². The Morgan fingerprint density at radius 2 is 2.00 bits per heavy atom. The van der Waals surface area contributed by atoms with E-state index in [2.05, 4.69) is 25.6 Å². The molecule has 3 fully saturated rings. The number of hydrogen-bond donors (Lipinski definition) is 2. The highest BCUT2D eigenvalue weighted by molar-refractivity contribution is 5.92. The minimum atomic E-state index is -0.0881. The van der Waals surface area contributed by atoms with Crippen LogP contribution < -0.4 is 5.32 Å². The van der Waals surface area contributed by atoms with Crippen LogP contribution in [-0.2, 0) is 0 Å². The topological polar surface area (TPSA) is 73.9 Å². The maximum Gasteiger partial charge on any atom is 0.273 e. The Balaban J connectivity index is 1.42. The summed E-state index contributed by atoms with van der Waals surface area (Å²) in [5, 5.41) is 13.3. The highest BCUT2D eigenvalue weighted by atomic mass is 16.2. The third-order valence-electron chi connectivity index (χ3n) is 5.68. The van der Waals surface area contributed by atoms with E-state index in [1.807, 2.05) is 0 Å². The zero-order chi connectivity index (χ0) is 14.9. The molecule has 1 amide bonds. The second kappa shape index (κ2) is 5.99. The molecule has 4 rings (SSSR count). The summed E-state index contributed by atoms with van der Waals surface area (Å²) in [4.78, 5) is 14.9. The zero-order valence-electron chi connectivity index (χ0n) is 13.0. The second-order valence-corrected chi connectivity index (χ2v) is 7.18. The maximum atomic E-state index is 12.3. The first-order valence-electron chi connectivity index (χ1n) is 8.72. The highest BCUT2D eigenvalue weighted by Crippen LogP contribution is 2.42. The van der Waals surface area contributed by atoms with E-state index >= 15 is 0 Å². The Labute approximate surface area is 131 Å². The third-order valence-corrected chi connectivity index (χ3v) is 5.68. The van der Waals surface area contributed by atoms with Crippen molar-refractivity contribution in [3.63, 3.8) is 0 Å². The Kier molecular flexibility index (Phi) is 3.86. The molecule has 0 unspecified atom stereocenters. The van der Waals surface area contributed by atoms with Crippen LogP contribution in [0.15, 0.2) is 6.20 Å². The van der Waals surface area contributed by atoms with Crippen LogP contribution in [0.3, 0.4) is 0 Å². The van der Waals surface area contributed by atoms with Crippen LogP contribution in [0, 0.1) is 11.8 Å². The Morgan fingerprint density at radius 1 is 1.18 bits per heavy atom. The maximum absolute atomic E-state index is 12.3. The van der Waals surface area contributed by atoms with Crippen molar-refractivity contribution in [2.45, 2.75) is 57.0 Å². The van der Waals surface area contributed by atoms with E-state index in [9.17, 15) is 4.79 Å². The van der Waals surface area contributed by atoms with Crippen LogP contribution in [-0.4, -0.2) is 51.4 Å². The number of aromatic nitrogens is 3. The molecule has 2 saturated carbocycles. The molecule has 1 aliphatic heterocycles. The molecule has 1 saturated heterocycles. The quantitative estimate of drug-likeness (QED) is 0.885. The number of amides is 1. The van der Waals surface area contributed by atoms with E-state index in [4.69, 9.17) is 0 Å². The lowest BCUT2D eigenvalue weighted by atomic mass is 9.94. The van der Waals surface area contributed by atoms with Gasteiger partial charge in [0.05, 0.1) is 6.20 Å². The van der Waals surface area contributed by atoms with Crippen LogP contribution in [0.4, 0.5) is 0 Å². The Hall–Kier alpha value is -1.43. The van der Waals surface area contributed by atoms with Crippen molar-refractivity contribution in [1.29, 1.82) is 0 Å². The van der Waals surface area contributed by atoms with Gasteiger partial charge >= 0.3 is 0 Å². The van der Waals surface area contributed by atoms with E-state index in [0.717, 1.165) is 18.5 Å². The van der Waals surface area contributed by atoms with Gasteiger partial charge in [0.2, 0.25) is 0 Å². The fourth-order valence-corrected chi connectivity index (χ4v) is 4.31. The lowest BCUT2D eigenvalue weighted by Crippen LogP contribution is -2.42. The van der Waals surface area contributed by atoms with Crippen molar-refractivity contribution in [1.82, 2.24) is 25.6 Å². The van der Waals surface area contributed by atoms with Crippen molar-refractivity contribution >= 4 is 5.91 Å². The minimum Gasteiger partial charge on any atom is -0.346 e. The second-order valence-electron chi connectivity index (χ2n) is 7.18. The fraction of sp³-hybridized carbons (Fsp3) is 0.812. The fourth-order valence-electron chi connectivity index (χ4n) is 4.31. The van der Waals surface area contributed by atoms with Gasteiger partial charge in [-0.3, -0.25) is 9.69 Å². The largest absolute Gasteiger partial charge is 0.346 e. The first-order valence-corrected chi connectivity index (χ1v) is 8.72. The smallest absolute Gasteiger partial charge is 0.273 e. The van der Waals surface area contributed by atoms with Crippen molar-refractivity contribution in [3.05, 3.63) is 11.9 Å². The molecule has 1 aromatic rings. The molecule has 0 aromatic carbocycles. The molecule has 3 aliphatic rings. The number of nitrogens with zero attached hydrogens (tertiary/aromatic N) is 3. The number of aromatic amines is 1. The van der Waals surface area contributed by atoms with Crippen LogP contribution in [0.25, 0.3) is 0 Å². The molecule has 2 N–H and O–H groups in total. The van der Waals surface area contributed by atoms with Crippen molar-refractivity contribution in [2.24, 2.45) is 11.8 Å². The normalized spacial score (nSPS) is 30.5. The van der Waals surface area contributed by atoms with Gasteiger partial charge in [0, 0.05) is 25.2 Å². The van der Waals surface area contributed by atoms with Gasteiger partial charge in [0.15, 0.2) is 5.69 Å². The Bertz CT molecular complexity index is 507. The number of hydrogen-bond acceptors (Lipinski definition) is 4. The summed E-state index contributed by atoms with van der Waals surface area (Å²) in [5.74, 6) is 1.35. The van der Waals surface area contributed by atoms with Gasteiger partial charge in [-0.05, 0) is 37.5 Å². The van der Waals surface area contributed by atoms with Crippen LogP contribution in [0.5, 0.6) is 0 Å². The van der Waals surface area contributed by atoms with Gasteiger partial charge in [-0.1, -0.05) is 19.3 Å². The summed E-state index contributed by atoms with van der Waals surface area (Å²) < 4.78 is 0. The summed E-state index contributed by atoms with van der Waals surface area (Å²) in [6, 6.07) is 1.02. The molecule has 1 aromatic heterocycles. The van der Waals surface area contributed by atoms with Gasteiger partial charge < -0.3 is 5.32 Å². The van der Waals surface area contributed by atoms with E-state index in [1.165, 1.54) is 57.7 Å². The number of carbonyl (C=O) groups excluding carboxylic acids is 1. The molecule has 0 radical (unpaired) electrons. The lowest BCUT2D eigenvalue weighted by Gasteiger charge is -2.31. The van der Waals surface area contributed by atoms with E-state index in [1.54, 1.807) is 0 Å². The third kappa shape index (κ3) is 2.89. The molecule has 6 nitrogen and oxygen atoms in total. The standard InChI is InChI=1S/C16H25N5O/c22-16(14-8-17-20-19-14)18-15-10-21(9-13(15)11-6-7-11)12-4-2-1-3-5-12/h8,11-13,15H,1-7,9-10H2,(H,18,22)(H,17,19,20)/t13-,15+/m0/s1. The molecule has 120 valence electrons. The number of H-pyrrole nitrogens is 1. The average Bonchev–Trinajstić information content (AvgIpc) is 3.09. The number of rotatable bonds is 4. The van der Waals surface area contributed by atoms with Gasteiger partial charge in [0.1, 0.15) is 0 Å². The molecule has 0 bridgehead atoms. The Morgan fingerprint density at radius 3 is 2.68 bits per heavy atom. The minimum absolute atomic E-state index is 0.0881. The van der Waals surface area contributed by atoms with Crippen molar-refractivity contribution in [2.75, 3.05) is 13.1 Å². The summed E-state index contributed by atoms with van der Waals surface area (Å²) in [6.45, 7) is 2.18. The molecular formula is C16H25N5O. The van der Waals surface area contributed by atoms with Crippen LogP contribution in [0.2, 0.25) is 0 Å². The molecule has 2 atom stereocenters. The van der Waals surface area contributed by atoms with Crippen LogP contribution >= 0.6 is 0 Å². The predicted molar refractivity (Wildman–Crippen MR) is 82.3 cm³/mol. The number of likely N-dealkylation sites (tertiary alicyclic amines) is 1. The zero-order valence-corrected chi connectivity index (χ0v) is 13.0. The predicted octanol–water partition coefficient (Wildman–Crippen LogP) is 1.58. The average molecular weight is 303 g/mol. The van der Waals surface area contributed by atoms with Gasteiger partial charge in [0.25, 0.3) is 5.91 Å². The first kappa shape index (κ1) is 14.2. The highest BCUT2D eigenvalue weighted by Gasteiger charge is 2.44. The molecule has 6 heteroatoms. The molecule has 2 aliphatic carbocycles. The number of nitrogens with one attached hydrogen (secondary N) is 2. The van der Waals surface area contributed by atoms with Gasteiger partial charge in [-0.25, -0.2) is 0 Å². The lowest BCUT2D eigenvalue weighted by molar-refractivity contribution is 0.0921. The van der Waals surface area contributed by atoms with E-state index in [-0.39, 0.29) is 11.9 Å². The molecule has 0 spiro atoms. The summed E-state index contributed by atoms with van der Waals surface area (Å²) in [7, 11) is 0. The summed E-state index contributed by atoms with van der Waals surface area (Å²) in [5.41, 5.74) is 0.394. The van der Waals surface area contributed by atoms with Crippen molar-refractivity contribution in [3.8, 4) is 0 Å². The first-order chi connectivity index (χ1) is 10.8. The van der Waals surface area contributed by atoms with E-state index in [0.29, 0.717) is 11.6 Å². The monoisotopic (exact) mass is 303 g/mol. The van der Waals surface area contributed by atoms with Crippen molar-refractivity contribution < 1.29 is 4.79 Å². The number of carbonyl (C=O) groups is 1. The van der Waals surface area contributed by atoms with E-state index < -0.39 is 0 Å². The SMILES string of the molecule is O=C(N[C@@H]1CN(C2CCCCC2)C[C@H]1C1CC1)c1cn[nH]n1. The molecule has 2 heterocycles. The summed E-state index contributed by atoms with van der Waals surface area (Å²) >= 11 is 0. The molecular weight excluding hydrogens is 278 g/mol.